The Hall–Kier alpha value is -4.91. The van der Waals surface area contributed by atoms with Crippen molar-refractivity contribution in [1.29, 1.82) is 0 Å². The molecule has 0 radical (unpaired) electrons. The van der Waals surface area contributed by atoms with Crippen molar-refractivity contribution in [2.24, 2.45) is 0 Å². The van der Waals surface area contributed by atoms with Gasteiger partial charge < -0.3 is 35.1 Å². The molecule has 0 spiro atoms. The van der Waals surface area contributed by atoms with Crippen LogP contribution in [0.4, 0.5) is 17.1 Å². The van der Waals surface area contributed by atoms with Crippen molar-refractivity contribution in [3.05, 3.63) is 162 Å². The highest BCUT2D eigenvalue weighted by atomic mass is 32.2. The second kappa shape index (κ2) is 23.5. The fourth-order valence-corrected chi connectivity index (χ4v) is 10.7. The number of nitrogens with one attached hydrogen (secondary N) is 3. The molecule has 3 heterocycles. The van der Waals surface area contributed by atoms with Crippen molar-refractivity contribution in [1.82, 2.24) is 9.80 Å². The summed E-state index contributed by atoms with van der Waals surface area (Å²) in [6.45, 7) is 8.76. The van der Waals surface area contributed by atoms with Gasteiger partial charge in [-0.25, -0.2) is 0 Å². The number of rotatable bonds is 0. The Kier molecular flexibility index (Phi) is 16.6. The van der Waals surface area contributed by atoms with Gasteiger partial charge in [0.05, 0.1) is 0 Å². The first-order chi connectivity index (χ1) is 30.7. The molecule has 62 heavy (non-hydrogen) atoms. The number of nitrogens with zero attached hydrogens (tertiary/aromatic N) is 2. The van der Waals surface area contributed by atoms with Gasteiger partial charge in [-0.3, -0.25) is 4.90 Å². The zero-order valence-corrected chi connectivity index (χ0v) is 37.8. The highest BCUT2D eigenvalue weighted by molar-refractivity contribution is 8.00. The summed E-state index contributed by atoms with van der Waals surface area (Å²) in [6, 6.07) is 51.2. The monoisotopic (exact) mass is 883 g/mol. The second-order valence-electron chi connectivity index (χ2n) is 15.1. The van der Waals surface area contributed by atoms with Crippen LogP contribution in [0.15, 0.2) is 160 Å². The second-order valence-corrected chi connectivity index (χ2v) is 18.6. The van der Waals surface area contributed by atoms with E-state index in [9.17, 15) is 0 Å². The van der Waals surface area contributed by atoms with Crippen molar-refractivity contribution in [2.75, 3.05) is 92.3 Å². The molecule has 9 rings (SSSR count). The van der Waals surface area contributed by atoms with Crippen molar-refractivity contribution in [3.8, 4) is 17.2 Å². The van der Waals surface area contributed by atoms with Crippen LogP contribution in [0.25, 0.3) is 0 Å². The summed E-state index contributed by atoms with van der Waals surface area (Å²) in [4.78, 5) is 8.81. The third-order valence-corrected chi connectivity index (χ3v) is 14.1. The molecular formula is C51H57N5O3S3. The van der Waals surface area contributed by atoms with Gasteiger partial charge in [-0.1, -0.05) is 91.0 Å². The van der Waals surface area contributed by atoms with Crippen LogP contribution in [-0.2, 0) is 19.6 Å². The molecule has 0 saturated carbocycles. The summed E-state index contributed by atoms with van der Waals surface area (Å²) in [5, 5.41) is 11.3. The fraction of sp³-hybridized carbons (Fsp3) is 0.294. The number of anilines is 3. The minimum atomic E-state index is 0.538. The quantitative estimate of drug-likeness (QED) is 0.137. The Morgan fingerprint density at radius 3 is 0.984 bits per heavy atom. The molecule has 0 amide bonds. The zero-order chi connectivity index (χ0) is 42.0. The van der Waals surface area contributed by atoms with E-state index in [1.54, 1.807) is 0 Å². The normalized spacial score (nSPS) is 18.6. The van der Waals surface area contributed by atoms with Gasteiger partial charge in [-0.15, -0.1) is 35.3 Å². The lowest BCUT2D eigenvalue weighted by Gasteiger charge is -2.24. The molecule has 0 atom stereocenters. The van der Waals surface area contributed by atoms with E-state index in [2.05, 4.69) is 171 Å². The summed E-state index contributed by atoms with van der Waals surface area (Å²) >= 11 is 5.79. The molecule has 3 aliphatic rings. The van der Waals surface area contributed by atoms with Crippen LogP contribution < -0.4 is 30.2 Å². The Morgan fingerprint density at radius 1 is 0.339 bits per heavy atom. The van der Waals surface area contributed by atoms with E-state index in [1.165, 1.54) is 14.7 Å². The van der Waals surface area contributed by atoms with Crippen molar-refractivity contribution < 1.29 is 14.2 Å². The molecule has 0 saturated heterocycles. The maximum Gasteiger partial charge on any atom is 0.124 e. The Bertz CT molecular complexity index is 1900. The molecule has 0 fully saturated rings. The number of ether oxygens (including phenoxy) is 3. The van der Waals surface area contributed by atoms with Crippen LogP contribution in [-0.4, -0.2) is 86.1 Å². The average molecular weight is 884 g/mol. The van der Waals surface area contributed by atoms with Gasteiger partial charge in [0.15, 0.2) is 0 Å². The number of thioether (sulfide) groups is 3. The molecule has 0 aromatic heterocycles. The van der Waals surface area contributed by atoms with Crippen LogP contribution in [0.3, 0.4) is 0 Å². The van der Waals surface area contributed by atoms with E-state index in [4.69, 9.17) is 14.2 Å². The molecule has 3 aliphatic heterocycles. The summed E-state index contributed by atoms with van der Waals surface area (Å²) < 4.78 is 19.7. The van der Waals surface area contributed by atoms with E-state index >= 15 is 0 Å². The SMILES string of the molecule is c1ccc2c(c1)CNc1ccccc1SCCN1CCSc3ccccc3NCc3ccccc3OCCN(CCO2)CCOc2ccccc2CNc2ccccc2SCC1. The lowest BCUT2D eigenvalue weighted by atomic mass is 10.2. The van der Waals surface area contributed by atoms with Crippen LogP contribution in [0.1, 0.15) is 16.7 Å². The molecule has 3 N–H and O–H groups in total. The Labute approximate surface area is 380 Å². The maximum absolute atomic E-state index is 6.55. The standard InChI is InChI=1S/C51H57N5O3S3/c1-7-19-46-40(13-1)37-52-43-16-4-10-22-49(43)60-34-28-56-29-35-61-50-23-11-5-17-44(50)53-38-41-14-2-8-20-47(41)58-32-26-55(25-31-57-46)27-33-59-48-21-9-3-15-42(48)39-54-45-18-6-12-24-51(45)62-36-30-56/h1-24,52-54H,25-39H2. The smallest absolute Gasteiger partial charge is 0.124 e. The Balaban J connectivity index is 1.10. The molecule has 0 unspecified atom stereocenters. The van der Waals surface area contributed by atoms with E-state index < -0.39 is 0 Å². The third-order valence-electron chi connectivity index (χ3n) is 11.0. The molecular weight excluding hydrogens is 827 g/mol. The van der Waals surface area contributed by atoms with Gasteiger partial charge >= 0.3 is 0 Å². The number of hydrogen-bond acceptors (Lipinski definition) is 11. The van der Waals surface area contributed by atoms with Crippen LogP contribution >= 0.6 is 35.3 Å². The largest absolute Gasteiger partial charge is 0.492 e. The molecule has 11 heteroatoms. The van der Waals surface area contributed by atoms with Crippen molar-refractivity contribution in [3.63, 3.8) is 0 Å². The number of fused-ring (bicyclic) bond motifs is 15. The number of para-hydroxylation sites is 6. The van der Waals surface area contributed by atoms with Gasteiger partial charge in [-0.2, -0.15) is 0 Å². The molecule has 8 nitrogen and oxygen atoms in total. The fourth-order valence-electron chi connectivity index (χ4n) is 7.54. The minimum absolute atomic E-state index is 0.538. The summed E-state index contributed by atoms with van der Waals surface area (Å²) in [5.41, 5.74) is 6.84. The van der Waals surface area contributed by atoms with Gasteiger partial charge in [0.1, 0.15) is 37.1 Å². The highest BCUT2D eigenvalue weighted by Crippen LogP contribution is 2.32. The maximum atomic E-state index is 6.55. The van der Waals surface area contributed by atoms with E-state index in [1.807, 2.05) is 35.3 Å². The third kappa shape index (κ3) is 12.8. The van der Waals surface area contributed by atoms with Crippen molar-refractivity contribution in [2.45, 2.75) is 34.3 Å². The number of hydrogen-bond donors (Lipinski definition) is 3. The zero-order valence-electron chi connectivity index (χ0n) is 35.3. The summed E-state index contributed by atoms with van der Waals surface area (Å²) in [5.74, 6) is 5.67. The van der Waals surface area contributed by atoms with E-state index in [0.717, 1.165) is 108 Å². The van der Waals surface area contributed by atoms with Gasteiger partial charge in [-0.05, 0) is 54.6 Å². The predicted octanol–water partition coefficient (Wildman–Crippen LogP) is 11.0. The lowest BCUT2D eigenvalue weighted by Crippen LogP contribution is -2.35. The molecule has 6 aromatic carbocycles. The molecule has 322 valence electrons. The summed E-state index contributed by atoms with van der Waals surface area (Å²) in [7, 11) is 0. The van der Waals surface area contributed by atoms with E-state index in [-0.39, 0.29) is 0 Å². The van der Waals surface area contributed by atoms with Crippen LogP contribution in [0.5, 0.6) is 17.2 Å². The molecule has 6 aromatic rings. The van der Waals surface area contributed by atoms with Gasteiger partial charge in [0, 0.05) is 125 Å². The van der Waals surface area contributed by atoms with Crippen LogP contribution in [0, 0.1) is 0 Å². The average Bonchev–Trinajstić information content (AvgIpc) is 3.31. The highest BCUT2D eigenvalue weighted by Gasteiger charge is 2.15. The predicted molar refractivity (Wildman–Crippen MR) is 262 cm³/mol. The topological polar surface area (TPSA) is 70.3 Å². The lowest BCUT2D eigenvalue weighted by molar-refractivity contribution is 0.152. The summed E-state index contributed by atoms with van der Waals surface area (Å²) in [6.07, 6.45) is 0. The first-order valence-corrected chi connectivity index (χ1v) is 24.6. The first-order valence-electron chi connectivity index (χ1n) is 21.7. The molecule has 0 aliphatic carbocycles. The van der Waals surface area contributed by atoms with Crippen molar-refractivity contribution >= 4 is 52.3 Å². The Morgan fingerprint density at radius 2 is 0.629 bits per heavy atom. The van der Waals surface area contributed by atoms with E-state index in [0.29, 0.717) is 39.5 Å². The van der Waals surface area contributed by atoms with Crippen LogP contribution in [0.2, 0.25) is 0 Å². The molecule has 2 bridgehead atoms. The van der Waals surface area contributed by atoms with Gasteiger partial charge in [0.25, 0.3) is 0 Å². The van der Waals surface area contributed by atoms with Gasteiger partial charge in [0.2, 0.25) is 0 Å². The number of benzene rings is 6. The minimum Gasteiger partial charge on any atom is -0.492 e. The first kappa shape index (κ1) is 43.7.